The van der Waals surface area contributed by atoms with Gasteiger partial charge in [0.2, 0.25) is 5.91 Å². The zero-order valence-electron chi connectivity index (χ0n) is 15.5. The molecule has 25 heavy (non-hydrogen) atoms. The Balaban J connectivity index is 0.00000312. The van der Waals surface area contributed by atoms with Gasteiger partial charge in [-0.2, -0.15) is 0 Å². The fourth-order valence-corrected chi connectivity index (χ4v) is 2.77. The molecule has 2 rings (SSSR count). The van der Waals surface area contributed by atoms with Gasteiger partial charge in [-0.25, -0.2) is 0 Å². The lowest BCUT2D eigenvalue weighted by Gasteiger charge is -2.14. The van der Waals surface area contributed by atoms with Crippen LogP contribution < -0.4 is 20.1 Å². The van der Waals surface area contributed by atoms with Crippen molar-refractivity contribution in [2.45, 2.75) is 52.1 Å². The molecule has 1 aliphatic rings. The van der Waals surface area contributed by atoms with E-state index in [-0.39, 0.29) is 18.3 Å². The molecule has 1 amide bonds. The molecular formula is C19H31ClN2O3. The first kappa shape index (κ1) is 21.6. The zero-order chi connectivity index (χ0) is 17.4. The van der Waals surface area contributed by atoms with Crippen LogP contribution in [-0.4, -0.2) is 32.2 Å². The predicted octanol–water partition coefficient (Wildman–Crippen LogP) is 3.30. The molecule has 1 unspecified atom stereocenters. The number of hydrogen-bond donors (Lipinski definition) is 2. The monoisotopic (exact) mass is 370 g/mol. The second-order valence-electron chi connectivity index (χ2n) is 6.79. The van der Waals surface area contributed by atoms with Gasteiger partial charge in [-0.1, -0.05) is 19.9 Å². The highest BCUT2D eigenvalue weighted by Crippen LogP contribution is 2.28. The molecule has 0 spiro atoms. The van der Waals surface area contributed by atoms with Crippen LogP contribution in [0.3, 0.4) is 0 Å². The molecule has 0 saturated carbocycles. The Bertz CT molecular complexity index is 531. The average Bonchev–Trinajstić information content (AvgIpc) is 3.06. The van der Waals surface area contributed by atoms with Crippen molar-refractivity contribution in [2.24, 2.45) is 5.92 Å². The smallest absolute Gasteiger partial charge is 0.221 e. The van der Waals surface area contributed by atoms with Crippen molar-refractivity contribution in [3.8, 4) is 11.5 Å². The van der Waals surface area contributed by atoms with Crippen molar-refractivity contribution >= 4 is 18.3 Å². The maximum atomic E-state index is 12.0. The van der Waals surface area contributed by atoms with E-state index in [1.807, 2.05) is 18.2 Å². The van der Waals surface area contributed by atoms with Crippen LogP contribution >= 0.6 is 12.4 Å². The van der Waals surface area contributed by atoms with Crippen LogP contribution in [-0.2, 0) is 11.3 Å². The molecule has 1 aromatic rings. The minimum atomic E-state index is 0. The van der Waals surface area contributed by atoms with Crippen LogP contribution in [0, 0.1) is 5.92 Å². The molecule has 1 fully saturated rings. The lowest BCUT2D eigenvalue weighted by Crippen LogP contribution is -2.31. The molecule has 1 heterocycles. The van der Waals surface area contributed by atoms with Gasteiger partial charge in [0, 0.05) is 19.0 Å². The Morgan fingerprint density at radius 1 is 1.36 bits per heavy atom. The lowest BCUT2D eigenvalue weighted by molar-refractivity contribution is -0.121. The summed E-state index contributed by atoms with van der Waals surface area (Å²) >= 11 is 0. The first-order valence-electron chi connectivity index (χ1n) is 8.88. The topological polar surface area (TPSA) is 59.6 Å². The maximum Gasteiger partial charge on any atom is 0.221 e. The number of carbonyl (C=O) groups is 1. The second-order valence-corrected chi connectivity index (χ2v) is 6.79. The number of rotatable bonds is 9. The van der Waals surface area contributed by atoms with Crippen molar-refractivity contribution in [1.82, 2.24) is 10.6 Å². The molecule has 1 aliphatic heterocycles. The Hall–Kier alpha value is -1.46. The summed E-state index contributed by atoms with van der Waals surface area (Å²) in [6.45, 7) is 6.56. The van der Waals surface area contributed by atoms with Crippen LogP contribution in [0.15, 0.2) is 18.2 Å². The molecule has 1 saturated heterocycles. The summed E-state index contributed by atoms with van der Waals surface area (Å²) in [7, 11) is 1.64. The standard InChI is InChI=1S/C19H30N2O3.ClH/c1-14(2)8-10-24-17-7-6-15(11-18(17)23-3)13-21-19(22)12-16-5-4-9-20-16;/h6-7,11,14,16,20H,4-5,8-10,12-13H2,1-3H3,(H,21,22);1H. The van der Waals surface area contributed by atoms with Gasteiger partial charge < -0.3 is 20.1 Å². The van der Waals surface area contributed by atoms with Gasteiger partial charge in [0.25, 0.3) is 0 Å². The molecule has 1 aromatic carbocycles. The molecule has 5 nitrogen and oxygen atoms in total. The summed E-state index contributed by atoms with van der Waals surface area (Å²) in [5.41, 5.74) is 1.01. The fourth-order valence-electron chi connectivity index (χ4n) is 2.77. The first-order chi connectivity index (χ1) is 11.6. The summed E-state index contributed by atoms with van der Waals surface area (Å²) in [5.74, 6) is 2.16. The van der Waals surface area contributed by atoms with Crippen LogP contribution in [0.5, 0.6) is 11.5 Å². The van der Waals surface area contributed by atoms with Gasteiger partial charge in [0.1, 0.15) is 0 Å². The average molecular weight is 371 g/mol. The Kier molecular flexibility index (Phi) is 9.68. The Morgan fingerprint density at radius 2 is 2.16 bits per heavy atom. The molecular weight excluding hydrogens is 340 g/mol. The third kappa shape index (κ3) is 7.53. The largest absolute Gasteiger partial charge is 0.493 e. The van der Waals surface area contributed by atoms with Crippen molar-refractivity contribution in [3.05, 3.63) is 23.8 Å². The van der Waals surface area contributed by atoms with E-state index in [4.69, 9.17) is 9.47 Å². The van der Waals surface area contributed by atoms with Crippen molar-refractivity contribution < 1.29 is 14.3 Å². The molecule has 2 N–H and O–H groups in total. The Morgan fingerprint density at radius 3 is 2.80 bits per heavy atom. The summed E-state index contributed by atoms with van der Waals surface area (Å²) in [6, 6.07) is 6.15. The zero-order valence-corrected chi connectivity index (χ0v) is 16.3. The van der Waals surface area contributed by atoms with E-state index in [2.05, 4.69) is 24.5 Å². The molecule has 1 atom stereocenters. The molecule has 0 radical (unpaired) electrons. The van der Waals surface area contributed by atoms with Crippen LogP contribution in [0.1, 0.15) is 45.1 Å². The van der Waals surface area contributed by atoms with Gasteiger partial charge in [0.05, 0.1) is 13.7 Å². The van der Waals surface area contributed by atoms with E-state index in [9.17, 15) is 4.79 Å². The molecule has 6 heteroatoms. The third-order valence-electron chi connectivity index (χ3n) is 4.26. The number of carbonyl (C=O) groups excluding carboxylic acids is 1. The van der Waals surface area contributed by atoms with Crippen molar-refractivity contribution in [1.29, 1.82) is 0 Å². The predicted molar refractivity (Wildman–Crippen MR) is 103 cm³/mol. The fraction of sp³-hybridized carbons (Fsp3) is 0.632. The van der Waals surface area contributed by atoms with Gasteiger partial charge >= 0.3 is 0 Å². The summed E-state index contributed by atoms with van der Waals surface area (Å²) in [6.07, 6.45) is 3.81. The molecule has 0 aliphatic carbocycles. The van der Waals surface area contributed by atoms with E-state index in [1.165, 1.54) is 0 Å². The highest BCUT2D eigenvalue weighted by Gasteiger charge is 2.17. The van der Waals surface area contributed by atoms with Gasteiger partial charge in [-0.3, -0.25) is 4.79 Å². The lowest BCUT2D eigenvalue weighted by atomic mass is 10.1. The van der Waals surface area contributed by atoms with E-state index >= 15 is 0 Å². The highest BCUT2D eigenvalue weighted by molar-refractivity contribution is 5.85. The van der Waals surface area contributed by atoms with Gasteiger partial charge in [0.15, 0.2) is 11.5 Å². The van der Waals surface area contributed by atoms with Gasteiger partial charge in [-0.05, 0) is 49.4 Å². The maximum absolute atomic E-state index is 12.0. The minimum Gasteiger partial charge on any atom is -0.493 e. The van der Waals surface area contributed by atoms with Gasteiger partial charge in [-0.15, -0.1) is 12.4 Å². The van der Waals surface area contributed by atoms with E-state index < -0.39 is 0 Å². The number of nitrogens with one attached hydrogen (secondary N) is 2. The normalized spacial score (nSPS) is 16.4. The van der Waals surface area contributed by atoms with E-state index in [0.29, 0.717) is 37.3 Å². The number of methoxy groups -OCH3 is 1. The van der Waals surface area contributed by atoms with Crippen LogP contribution in [0.2, 0.25) is 0 Å². The second kappa shape index (κ2) is 11.2. The number of ether oxygens (including phenoxy) is 2. The van der Waals surface area contributed by atoms with Crippen molar-refractivity contribution in [2.75, 3.05) is 20.3 Å². The number of hydrogen-bond acceptors (Lipinski definition) is 4. The summed E-state index contributed by atoms with van der Waals surface area (Å²) < 4.78 is 11.2. The summed E-state index contributed by atoms with van der Waals surface area (Å²) in [5, 5.41) is 6.32. The summed E-state index contributed by atoms with van der Waals surface area (Å²) in [4.78, 5) is 12.0. The Labute approximate surface area is 157 Å². The quantitative estimate of drug-likeness (QED) is 0.700. The van der Waals surface area contributed by atoms with E-state index in [1.54, 1.807) is 7.11 Å². The SMILES string of the molecule is COc1cc(CNC(=O)CC2CCCN2)ccc1OCCC(C)C.Cl. The number of benzene rings is 1. The van der Waals surface area contributed by atoms with Crippen LogP contribution in [0.4, 0.5) is 0 Å². The minimum absolute atomic E-state index is 0. The molecule has 0 aromatic heterocycles. The first-order valence-corrected chi connectivity index (χ1v) is 8.88. The third-order valence-corrected chi connectivity index (χ3v) is 4.26. The van der Waals surface area contributed by atoms with Crippen LogP contribution in [0.25, 0.3) is 0 Å². The number of halogens is 1. The molecule has 0 bridgehead atoms. The highest BCUT2D eigenvalue weighted by atomic mass is 35.5. The molecule has 142 valence electrons. The number of amides is 1. The van der Waals surface area contributed by atoms with Crippen molar-refractivity contribution in [3.63, 3.8) is 0 Å². The van der Waals surface area contributed by atoms with E-state index in [0.717, 1.165) is 37.1 Å².